The fourth-order valence-corrected chi connectivity index (χ4v) is 9.03. The minimum Gasteiger partial charge on any atom is -0.310 e. The standard InChI is InChI=1S/C60H42N2/c1-4-16-43(17-5-1)45-30-32-47(33-31-45)48-38-40-52(41-39-48)61(57-27-12-10-24-54(57)49-36-34-46(35-37-49)44-18-6-2-7-19-44)53-23-14-20-50(42-53)55-26-15-29-59-60(55)56-25-11-13-28-58(56)62(59)51-21-8-3-9-22-51/h1-42H. The Kier molecular flexibility index (Phi) is 9.57. The first-order valence-electron chi connectivity index (χ1n) is 21.3. The topological polar surface area (TPSA) is 8.17 Å². The maximum atomic E-state index is 2.42. The van der Waals surface area contributed by atoms with Gasteiger partial charge in [-0.3, -0.25) is 0 Å². The van der Waals surface area contributed by atoms with E-state index in [4.69, 9.17) is 0 Å². The number of fused-ring (bicyclic) bond motifs is 3. The Balaban J connectivity index is 1.04. The lowest BCUT2D eigenvalue weighted by Crippen LogP contribution is -2.11. The lowest BCUT2D eigenvalue weighted by atomic mass is 9.96. The smallest absolute Gasteiger partial charge is 0.0547 e. The van der Waals surface area contributed by atoms with Crippen LogP contribution in [0, 0.1) is 0 Å². The lowest BCUT2D eigenvalue weighted by molar-refractivity contribution is 1.18. The maximum absolute atomic E-state index is 2.42. The predicted molar refractivity (Wildman–Crippen MR) is 263 cm³/mol. The number of hydrogen-bond donors (Lipinski definition) is 0. The molecule has 1 aromatic heterocycles. The first-order chi connectivity index (χ1) is 30.8. The Morgan fingerprint density at radius 2 is 0.726 bits per heavy atom. The lowest BCUT2D eigenvalue weighted by Gasteiger charge is -2.28. The highest BCUT2D eigenvalue weighted by atomic mass is 15.1. The van der Waals surface area contributed by atoms with Crippen molar-refractivity contribution in [3.63, 3.8) is 0 Å². The van der Waals surface area contributed by atoms with Crippen molar-refractivity contribution in [3.05, 3.63) is 255 Å². The van der Waals surface area contributed by atoms with Crippen molar-refractivity contribution in [1.29, 1.82) is 0 Å². The SMILES string of the molecule is c1ccc(-c2ccc(-c3ccc(N(c4cccc(-c5cccc6c5c5ccccc5n6-c5ccccc5)c4)c4ccccc4-c4ccc(-c5ccccc5)cc4)cc3)cc2)cc1. The van der Waals surface area contributed by atoms with Crippen molar-refractivity contribution in [1.82, 2.24) is 4.57 Å². The van der Waals surface area contributed by atoms with Gasteiger partial charge in [-0.25, -0.2) is 0 Å². The molecule has 10 aromatic carbocycles. The summed E-state index contributed by atoms with van der Waals surface area (Å²) in [7, 11) is 0. The molecular formula is C60H42N2. The van der Waals surface area contributed by atoms with Crippen LogP contribution in [-0.2, 0) is 0 Å². The van der Waals surface area contributed by atoms with Gasteiger partial charge < -0.3 is 9.47 Å². The molecule has 292 valence electrons. The molecule has 0 spiro atoms. The molecule has 0 unspecified atom stereocenters. The predicted octanol–water partition coefficient (Wildman–Crippen LogP) is 16.6. The Hall–Kier alpha value is -8.20. The summed E-state index contributed by atoms with van der Waals surface area (Å²) in [4.78, 5) is 2.42. The first-order valence-corrected chi connectivity index (χ1v) is 21.3. The summed E-state index contributed by atoms with van der Waals surface area (Å²) in [6.45, 7) is 0. The molecule has 0 saturated heterocycles. The molecule has 0 atom stereocenters. The zero-order chi connectivity index (χ0) is 41.2. The highest BCUT2D eigenvalue weighted by molar-refractivity contribution is 6.16. The molecule has 0 aliphatic rings. The van der Waals surface area contributed by atoms with Gasteiger partial charge in [-0.1, -0.05) is 200 Å². The number of rotatable bonds is 9. The molecule has 0 aliphatic heterocycles. The van der Waals surface area contributed by atoms with E-state index in [1.807, 2.05) is 0 Å². The second-order valence-electron chi connectivity index (χ2n) is 15.7. The van der Waals surface area contributed by atoms with Crippen LogP contribution in [0.5, 0.6) is 0 Å². The van der Waals surface area contributed by atoms with Gasteiger partial charge in [0.2, 0.25) is 0 Å². The Bertz CT molecular complexity index is 3290. The first kappa shape index (κ1) is 36.8. The molecule has 0 N–H and O–H groups in total. The monoisotopic (exact) mass is 790 g/mol. The second kappa shape index (κ2) is 16.1. The van der Waals surface area contributed by atoms with Gasteiger partial charge in [-0.2, -0.15) is 0 Å². The molecule has 62 heavy (non-hydrogen) atoms. The largest absolute Gasteiger partial charge is 0.310 e. The normalized spacial score (nSPS) is 11.2. The van der Waals surface area contributed by atoms with Crippen LogP contribution in [0.1, 0.15) is 0 Å². The van der Waals surface area contributed by atoms with Crippen molar-refractivity contribution in [2.45, 2.75) is 0 Å². The number of aromatic nitrogens is 1. The minimum absolute atomic E-state index is 1.08. The summed E-state index contributed by atoms with van der Waals surface area (Å²) >= 11 is 0. The van der Waals surface area contributed by atoms with Crippen LogP contribution in [0.15, 0.2) is 255 Å². The molecule has 0 aliphatic carbocycles. The van der Waals surface area contributed by atoms with E-state index in [1.165, 1.54) is 60.8 Å². The Morgan fingerprint density at radius 3 is 1.37 bits per heavy atom. The molecule has 0 fully saturated rings. The van der Waals surface area contributed by atoms with Crippen molar-refractivity contribution in [3.8, 4) is 61.3 Å². The van der Waals surface area contributed by atoms with Crippen molar-refractivity contribution < 1.29 is 0 Å². The van der Waals surface area contributed by atoms with Gasteiger partial charge >= 0.3 is 0 Å². The van der Waals surface area contributed by atoms with E-state index in [0.29, 0.717) is 0 Å². The summed E-state index contributed by atoms with van der Waals surface area (Å²) in [5, 5.41) is 2.48. The van der Waals surface area contributed by atoms with E-state index < -0.39 is 0 Å². The summed E-state index contributed by atoms with van der Waals surface area (Å²) in [6.07, 6.45) is 0. The number of nitrogens with zero attached hydrogens (tertiary/aromatic N) is 2. The molecule has 0 radical (unpaired) electrons. The maximum Gasteiger partial charge on any atom is 0.0547 e. The van der Waals surface area contributed by atoms with E-state index in [-0.39, 0.29) is 0 Å². The van der Waals surface area contributed by atoms with E-state index in [0.717, 1.165) is 39.4 Å². The highest BCUT2D eigenvalue weighted by Gasteiger charge is 2.20. The quantitative estimate of drug-likeness (QED) is 0.141. The van der Waals surface area contributed by atoms with Gasteiger partial charge in [0.25, 0.3) is 0 Å². The summed E-state index contributed by atoms with van der Waals surface area (Å²) < 4.78 is 2.39. The van der Waals surface area contributed by atoms with Gasteiger partial charge in [-0.15, -0.1) is 0 Å². The van der Waals surface area contributed by atoms with E-state index in [1.54, 1.807) is 0 Å². The van der Waals surface area contributed by atoms with Gasteiger partial charge in [-0.05, 0) is 105 Å². The highest BCUT2D eigenvalue weighted by Crippen LogP contribution is 2.44. The van der Waals surface area contributed by atoms with Gasteiger partial charge in [0.15, 0.2) is 0 Å². The molecule has 1 heterocycles. The molecule has 0 saturated carbocycles. The van der Waals surface area contributed by atoms with E-state index in [2.05, 4.69) is 264 Å². The molecule has 11 rings (SSSR count). The van der Waals surface area contributed by atoms with Crippen LogP contribution in [0.3, 0.4) is 0 Å². The van der Waals surface area contributed by atoms with Crippen LogP contribution in [0.25, 0.3) is 83.1 Å². The van der Waals surface area contributed by atoms with Crippen LogP contribution >= 0.6 is 0 Å². The van der Waals surface area contributed by atoms with Gasteiger partial charge in [0.05, 0.1) is 16.7 Å². The van der Waals surface area contributed by atoms with Crippen LogP contribution in [-0.4, -0.2) is 4.57 Å². The number of hydrogen-bond acceptors (Lipinski definition) is 1. The van der Waals surface area contributed by atoms with Gasteiger partial charge in [0.1, 0.15) is 0 Å². The van der Waals surface area contributed by atoms with E-state index >= 15 is 0 Å². The van der Waals surface area contributed by atoms with Crippen molar-refractivity contribution in [2.24, 2.45) is 0 Å². The summed E-state index contributed by atoms with van der Waals surface area (Å²) in [5.74, 6) is 0. The second-order valence-corrected chi connectivity index (χ2v) is 15.7. The fourth-order valence-electron chi connectivity index (χ4n) is 9.03. The molecule has 0 bridgehead atoms. The molecule has 0 amide bonds. The molecule has 11 aromatic rings. The molecule has 2 nitrogen and oxygen atoms in total. The van der Waals surface area contributed by atoms with Gasteiger partial charge in [0, 0.05) is 33.4 Å². The summed E-state index contributed by atoms with van der Waals surface area (Å²) in [6, 6.07) is 92.0. The third kappa shape index (κ3) is 6.84. The number of benzene rings is 10. The molecular weight excluding hydrogens is 749 g/mol. The average molecular weight is 791 g/mol. The number of para-hydroxylation sites is 3. The number of anilines is 3. The zero-order valence-electron chi connectivity index (χ0n) is 34.1. The van der Waals surface area contributed by atoms with Crippen molar-refractivity contribution in [2.75, 3.05) is 4.90 Å². The summed E-state index contributed by atoms with van der Waals surface area (Å²) in [5.41, 5.74) is 18.7. The van der Waals surface area contributed by atoms with Crippen LogP contribution < -0.4 is 4.90 Å². The minimum atomic E-state index is 1.08. The zero-order valence-corrected chi connectivity index (χ0v) is 34.1. The van der Waals surface area contributed by atoms with Crippen molar-refractivity contribution >= 4 is 38.9 Å². The Labute approximate surface area is 362 Å². The average Bonchev–Trinajstić information content (AvgIpc) is 3.70. The van der Waals surface area contributed by atoms with Crippen LogP contribution in [0.2, 0.25) is 0 Å². The van der Waals surface area contributed by atoms with Crippen LogP contribution in [0.4, 0.5) is 17.1 Å². The third-order valence-electron chi connectivity index (χ3n) is 12.0. The fraction of sp³-hybridized carbons (Fsp3) is 0. The third-order valence-corrected chi connectivity index (χ3v) is 12.0. The Morgan fingerprint density at radius 1 is 0.274 bits per heavy atom. The molecule has 2 heteroatoms. The van der Waals surface area contributed by atoms with E-state index in [9.17, 15) is 0 Å².